The lowest BCUT2D eigenvalue weighted by atomic mass is 10.1. The topological polar surface area (TPSA) is 42.3 Å². The highest BCUT2D eigenvalue weighted by Crippen LogP contribution is 2.19. The fourth-order valence-electron chi connectivity index (χ4n) is 3.74. The van der Waals surface area contributed by atoms with Gasteiger partial charge < -0.3 is 10.1 Å². The molecule has 5 nitrogen and oxygen atoms in total. The van der Waals surface area contributed by atoms with E-state index in [-0.39, 0.29) is 0 Å². The van der Waals surface area contributed by atoms with Gasteiger partial charge in [0.25, 0.3) is 0 Å². The predicted octanol–water partition coefficient (Wildman–Crippen LogP) is 3.28. The average molecular weight is 377 g/mol. The summed E-state index contributed by atoms with van der Waals surface area (Å²) in [6.07, 6.45) is 0.583. The van der Waals surface area contributed by atoms with Crippen LogP contribution in [0.3, 0.4) is 0 Å². The zero-order chi connectivity index (χ0) is 18.7. The molecule has 2 heterocycles. The third kappa shape index (κ3) is 4.65. The molecule has 2 atom stereocenters. The summed E-state index contributed by atoms with van der Waals surface area (Å²) >= 11 is 6.33. The van der Waals surface area contributed by atoms with E-state index in [1.807, 2.05) is 14.0 Å². The van der Waals surface area contributed by atoms with E-state index in [1.54, 1.807) is 4.68 Å². The van der Waals surface area contributed by atoms with Gasteiger partial charge in [-0.15, -0.1) is 0 Å². The van der Waals surface area contributed by atoms with E-state index in [0.29, 0.717) is 17.4 Å². The smallest absolute Gasteiger partial charge is 0.131 e. The van der Waals surface area contributed by atoms with E-state index < -0.39 is 0 Å². The Bertz CT molecular complexity index is 735. The molecule has 0 aliphatic carbocycles. The largest absolute Gasteiger partial charge is 0.373 e. The van der Waals surface area contributed by atoms with Gasteiger partial charge in [-0.2, -0.15) is 5.10 Å². The molecule has 0 saturated carbocycles. The van der Waals surface area contributed by atoms with Crippen molar-refractivity contribution in [3.05, 3.63) is 51.8 Å². The van der Waals surface area contributed by atoms with Gasteiger partial charge in [0.05, 0.1) is 17.9 Å². The van der Waals surface area contributed by atoms with Gasteiger partial charge in [-0.05, 0) is 31.9 Å². The van der Waals surface area contributed by atoms with E-state index in [0.717, 1.165) is 44.0 Å². The molecule has 0 bridgehead atoms. The Hall–Kier alpha value is -1.40. The Morgan fingerprint density at radius 1 is 1.15 bits per heavy atom. The number of ether oxygens (including phenoxy) is 1. The van der Waals surface area contributed by atoms with Crippen LogP contribution in [0.1, 0.15) is 36.2 Å². The average Bonchev–Trinajstić information content (AvgIpc) is 2.81. The van der Waals surface area contributed by atoms with Crippen LogP contribution in [0.5, 0.6) is 0 Å². The van der Waals surface area contributed by atoms with Crippen molar-refractivity contribution in [2.24, 2.45) is 7.05 Å². The Kier molecular flexibility index (Phi) is 6.35. The highest BCUT2D eigenvalue weighted by Gasteiger charge is 2.22. The molecular weight excluding hydrogens is 348 g/mol. The predicted molar refractivity (Wildman–Crippen MR) is 105 cm³/mol. The van der Waals surface area contributed by atoms with Crippen molar-refractivity contribution in [3.8, 4) is 0 Å². The molecular formula is C20H29ClN4O. The van der Waals surface area contributed by atoms with Gasteiger partial charge in [-0.25, -0.2) is 0 Å². The minimum atomic E-state index is 0.291. The summed E-state index contributed by atoms with van der Waals surface area (Å²) in [4.78, 5) is 2.49. The molecule has 1 saturated heterocycles. The fraction of sp³-hybridized carbons (Fsp3) is 0.550. The summed E-state index contributed by atoms with van der Waals surface area (Å²) in [7, 11) is 1.87. The maximum Gasteiger partial charge on any atom is 0.131 e. The van der Waals surface area contributed by atoms with Gasteiger partial charge in [0.2, 0.25) is 0 Å². The van der Waals surface area contributed by atoms with Crippen LogP contribution in [0.15, 0.2) is 24.3 Å². The summed E-state index contributed by atoms with van der Waals surface area (Å²) in [6.45, 7) is 10.8. The first-order valence-electron chi connectivity index (χ1n) is 9.27. The van der Waals surface area contributed by atoms with Gasteiger partial charge in [0.15, 0.2) is 0 Å². The molecule has 1 aliphatic heterocycles. The first kappa shape index (κ1) is 19.4. The molecule has 3 rings (SSSR count). The summed E-state index contributed by atoms with van der Waals surface area (Å²) in [6, 6.07) is 8.65. The number of rotatable bonds is 6. The van der Waals surface area contributed by atoms with Crippen molar-refractivity contribution in [2.75, 3.05) is 13.1 Å². The Labute approximate surface area is 161 Å². The summed E-state index contributed by atoms with van der Waals surface area (Å²) in [5.41, 5.74) is 4.75. The second-order valence-corrected chi connectivity index (χ2v) is 7.66. The standard InChI is InChI=1S/C20H29ClN4O/c1-14-11-25(12-15(2)26-14)13-18-8-6-5-7-17(18)9-22-10-19-16(3)23-24(4)20(19)21/h5-8,14-15,22H,9-13H2,1-4H3/t14-,15-/m1/s1. The highest BCUT2D eigenvalue weighted by molar-refractivity contribution is 6.30. The van der Waals surface area contributed by atoms with Crippen molar-refractivity contribution in [2.45, 2.75) is 52.6 Å². The molecule has 0 spiro atoms. The number of hydrogen-bond donors (Lipinski definition) is 1. The second-order valence-electron chi connectivity index (χ2n) is 7.30. The molecule has 142 valence electrons. The zero-order valence-corrected chi connectivity index (χ0v) is 16.9. The minimum absolute atomic E-state index is 0.291. The molecule has 0 amide bonds. The van der Waals surface area contributed by atoms with Crippen molar-refractivity contribution in [1.29, 1.82) is 0 Å². The Morgan fingerprint density at radius 3 is 2.42 bits per heavy atom. The number of hydrogen-bond acceptors (Lipinski definition) is 4. The number of morpholine rings is 1. The van der Waals surface area contributed by atoms with E-state index in [2.05, 4.69) is 53.4 Å². The Morgan fingerprint density at radius 2 is 1.81 bits per heavy atom. The van der Waals surface area contributed by atoms with E-state index in [1.165, 1.54) is 11.1 Å². The molecule has 1 fully saturated rings. The van der Waals surface area contributed by atoms with E-state index >= 15 is 0 Å². The number of nitrogens with one attached hydrogen (secondary N) is 1. The summed E-state index contributed by atoms with van der Waals surface area (Å²) in [5.74, 6) is 0. The van der Waals surface area contributed by atoms with Gasteiger partial charge in [0, 0.05) is 45.3 Å². The molecule has 1 N–H and O–H groups in total. The monoisotopic (exact) mass is 376 g/mol. The molecule has 2 aromatic rings. The van der Waals surface area contributed by atoms with Crippen LogP contribution in [0, 0.1) is 6.92 Å². The molecule has 6 heteroatoms. The van der Waals surface area contributed by atoms with Gasteiger partial charge >= 0.3 is 0 Å². The van der Waals surface area contributed by atoms with E-state index in [4.69, 9.17) is 16.3 Å². The lowest BCUT2D eigenvalue weighted by Crippen LogP contribution is -2.45. The van der Waals surface area contributed by atoms with Crippen LogP contribution in [0.4, 0.5) is 0 Å². The van der Waals surface area contributed by atoms with Gasteiger partial charge in [-0.3, -0.25) is 9.58 Å². The lowest BCUT2D eigenvalue weighted by molar-refractivity contribution is -0.0705. The second kappa shape index (κ2) is 8.53. The molecule has 1 aromatic carbocycles. The normalized spacial score (nSPS) is 21.3. The number of halogens is 1. The first-order valence-corrected chi connectivity index (χ1v) is 9.65. The SMILES string of the molecule is Cc1nn(C)c(Cl)c1CNCc1ccccc1CN1C[C@@H](C)O[C@H](C)C1. The highest BCUT2D eigenvalue weighted by atomic mass is 35.5. The number of nitrogens with zero attached hydrogens (tertiary/aromatic N) is 3. The zero-order valence-electron chi connectivity index (χ0n) is 16.1. The maximum atomic E-state index is 6.33. The van der Waals surface area contributed by atoms with Crippen molar-refractivity contribution < 1.29 is 4.74 Å². The molecule has 0 unspecified atom stereocenters. The number of aromatic nitrogens is 2. The quantitative estimate of drug-likeness (QED) is 0.840. The van der Waals surface area contributed by atoms with Crippen LogP contribution < -0.4 is 5.32 Å². The number of benzene rings is 1. The lowest BCUT2D eigenvalue weighted by Gasteiger charge is -2.35. The molecule has 1 aliphatic rings. The van der Waals surface area contributed by atoms with Gasteiger partial charge in [-0.1, -0.05) is 35.9 Å². The van der Waals surface area contributed by atoms with Crippen LogP contribution in [0.25, 0.3) is 0 Å². The van der Waals surface area contributed by atoms with Crippen LogP contribution in [0.2, 0.25) is 5.15 Å². The summed E-state index contributed by atoms with van der Waals surface area (Å²) in [5, 5.41) is 8.61. The fourth-order valence-corrected chi connectivity index (χ4v) is 3.98. The molecule has 1 aromatic heterocycles. The number of aryl methyl sites for hydroxylation is 2. The van der Waals surface area contributed by atoms with Crippen LogP contribution in [-0.2, 0) is 31.4 Å². The summed E-state index contributed by atoms with van der Waals surface area (Å²) < 4.78 is 7.57. The van der Waals surface area contributed by atoms with Crippen molar-refractivity contribution in [3.63, 3.8) is 0 Å². The van der Waals surface area contributed by atoms with Crippen molar-refractivity contribution in [1.82, 2.24) is 20.0 Å². The van der Waals surface area contributed by atoms with Crippen LogP contribution in [-0.4, -0.2) is 40.0 Å². The minimum Gasteiger partial charge on any atom is -0.373 e. The third-order valence-corrected chi connectivity index (χ3v) is 5.37. The van der Waals surface area contributed by atoms with Gasteiger partial charge in [0.1, 0.15) is 5.15 Å². The van der Waals surface area contributed by atoms with Crippen LogP contribution >= 0.6 is 11.6 Å². The van der Waals surface area contributed by atoms with Crippen molar-refractivity contribution >= 4 is 11.6 Å². The molecule has 0 radical (unpaired) electrons. The molecule has 26 heavy (non-hydrogen) atoms. The maximum absolute atomic E-state index is 6.33. The first-order chi connectivity index (χ1) is 12.4. The Balaban J connectivity index is 1.62. The third-order valence-electron chi connectivity index (χ3n) is 4.89. The van der Waals surface area contributed by atoms with E-state index in [9.17, 15) is 0 Å².